The maximum atomic E-state index is 11.9. The smallest absolute Gasteiger partial charge is 0.336 e. The number of fused-ring (bicyclic) bond motifs is 3. The highest BCUT2D eigenvalue weighted by atomic mass is 79.9. The third-order valence-corrected chi connectivity index (χ3v) is 7.91. The molecule has 2 aliphatic rings. The number of hydrogen-bond donors (Lipinski definition) is 2. The van der Waals surface area contributed by atoms with Crippen molar-refractivity contribution in [3.63, 3.8) is 0 Å². The maximum Gasteiger partial charge on any atom is 0.336 e. The zero-order valence-electron chi connectivity index (χ0n) is 18.7. The molecule has 0 aromatic heterocycles. The van der Waals surface area contributed by atoms with Crippen LogP contribution < -0.4 is 14.8 Å². The fourth-order valence-electron chi connectivity index (χ4n) is 5.02. The first kappa shape index (κ1) is 24.0. The molecule has 35 heavy (non-hydrogen) atoms. The van der Waals surface area contributed by atoms with Gasteiger partial charge in [0.2, 0.25) is 0 Å². The van der Waals surface area contributed by atoms with Gasteiger partial charge in [-0.3, -0.25) is 0 Å². The van der Waals surface area contributed by atoms with Crippen LogP contribution in [-0.2, 0) is 6.61 Å². The molecule has 180 valence electrons. The Kier molecular flexibility index (Phi) is 6.71. The second kappa shape index (κ2) is 9.76. The number of carboxylic acids is 1. The van der Waals surface area contributed by atoms with Crippen molar-refractivity contribution in [2.24, 2.45) is 5.92 Å². The Morgan fingerprint density at radius 3 is 2.71 bits per heavy atom. The van der Waals surface area contributed by atoms with Gasteiger partial charge in [-0.1, -0.05) is 53.6 Å². The standard InChI is InChI=1S/C27H22BrCl2NO4/c1-34-22-12-15(11-19(28)26(22)35-13-14-5-2-3-8-20(14)29)24-17-7-4-6-16(17)23-18(27(32)33)9-10-21(30)25(23)31-24/h2-6,8-12,16-17,24,31H,7,13H2,1H3,(H,32,33)/t16-,17+,24+/m1/s1. The second-order valence-electron chi connectivity index (χ2n) is 8.58. The average molecular weight is 575 g/mol. The Hall–Kier alpha value is -2.67. The van der Waals surface area contributed by atoms with Crippen molar-refractivity contribution in [1.82, 2.24) is 0 Å². The first-order chi connectivity index (χ1) is 16.9. The predicted molar refractivity (Wildman–Crippen MR) is 141 cm³/mol. The van der Waals surface area contributed by atoms with Crippen LogP contribution in [0.3, 0.4) is 0 Å². The number of hydrogen-bond acceptors (Lipinski definition) is 4. The van der Waals surface area contributed by atoms with Crippen molar-refractivity contribution in [2.75, 3.05) is 12.4 Å². The molecule has 0 unspecified atom stereocenters. The summed E-state index contributed by atoms with van der Waals surface area (Å²) in [6.45, 7) is 0.297. The molecular formula is C27H22BrCl2NO4. The zero-order chi connectivity index (χ0) is 24.7. The van der Waals surface area contributed by atoms with Gasteiger partial charge in [0, 0.05) is 16.5 Å². The Labute approximate surface area is 221 Å². The van der Waals surface area contributed by atoms with E-state index in [4.69, 9.17) is 32.7 Å². The average Bonchev–Trinajstić information content (AvgIpc) is 3.33. The van der Waals surface area contributed by atoms with Crippen LogP contribution in [0.5, 0.6) is 11.5 Å². The number of nitrogens with one attached hydrogen (secondary N) is 1. The number of benzene rings is 3. The van der Waals surface area contributed by atoms with Crippen molar-refractivity contribution in [3.8, 4) is 11.5 Å². The van der Waals surface area contributed by atoms with Crippen molar-refractivity contribution >= 4 is 50.8 Å². The van der Waals surface area contributed by atoms with E-state index in [9.17, 15) is 9.90 Å². The fraction of sp³-hybridized carbons (Fsp3) is 0.222. The molecule has 1 heterocycles. The fourth-order valence-corrected chi connectivity index (χ4v) is 6.00. The lowest BCUT2D eigenvalue weighted by Gasteiger charge is -2.38. The number of anilines is 1. The topological polar surface area (TPSA) is 67.8 Å². The highest BCUT2D eigenvalue weighted by Gasteiger charge is 2.41. The van der Waals surface area contributed by atoms with Crippen LogP contribution in [0, 0.1) is 5.92 Å². The predicted octanol–water partition coefficient (Wildman–Crippen LogP) is 7.87. The Morgan fingerprint density at radius 2 is 1.97 bits per heavy atom. The zero-order valence-corrected chi connectivity index (χ0v) is 21.8. The number of methoxy groups -OCH3 is 1. The molecule has 0 fully saturated rings. The lowest BCUT2D eigenvalue weighted by molar-refractivity contribution is 0.0695. The quantitative estimate of drug-likeness (QED) is 0.293. The van der Waals surface area contributed by atoms with Gasteiger partial charge in [0.25, 0.3) is 0 Å². The molecule has 0 amide bonds. The summed E-state index contributed by atoms with van der Waals surface area (Å²) in [5.74, 6) is 0.288. The molecule has 0 bridgehead atoms. The van der Waals surface area contributed by atoms with Crippen LogP contribution in [-0.4, -0.2) is 18.2 Å². The van der Waals surface area contributed by atoms with Crippen LogP contribution in [0.15, 0.2) is 65.2 Å². The molecule has 0 spiro atoms. The monoisotopic (exact) mass is 573 g/mol. The molecule has 5 rings (SSSR count). The van der Waals surface area contributed by atoms with Gasteiger partial charge >= 0.3 is 5.97 Å². The number of allylic oxidation sites excluding steroid dienone is 2. The normalized spacial score (nSPS) is 20.1. The highest BCUT2D eigenvalue weighted by molar-refractivity contribution is 9.10. The van der Waals surface area contributed by atoms with Crippen LogP contribution in [0.1, 0.15) is 45.4 Å². The van der Waals surface area contributed by atoms with Crippen molar-refractivity contribution < 1.29 is 19.4 Å². The van der Waals surface area contributed by atoms with Gasteiger partial charge in [-0.2, -0.15) is 0 Å². The Balaban J connectivity index is 1.51. The van der Waals surface area contributed by atoms with Crippen LogP contribution in [0.2, 0.25) is 10.0 Å². The minimum Gasteiger partial charge on any atom is -0.493 e. The van der Waals surface area contributed by atoms with Gasteiger partial charge in [0.05, 0.1) is 33.9 Å². The molecule has 8 heteroatoms. The van der Waals surface area contributed by atoms with E-state index >= 15 is 0 Å². The van der Waals surface area contributed by atoms with Gasteiger partial charge in [0.15, 0.2) is 11.5 Å². The molecule has 1 aliphatic carbocycles. The summed E-state index contributed by atoms with van der Waals surface area (Å²) >= 11 is 16.5. The van der Waals surface area contributed by atoms with E-state index in [-0.39, 0.29) is 23.4 Å². The summed E-state index contributed by atoms with van der Waals surface area (Å²) in [6, 6.07) is 14.6. The van der Waals surface area contributed by atoms with Crippen LogP contribution in [0.25, 0.3) is 0 Å². The summed E-state index contributed by atoms with van der Waals surface area (Å²) in [7, 11) is 1.60. The summed E-state index contributed by atoms with van der Waals surface area (Å²) in [5.41, 5.74) is 3.55. The summed E-state index contributed by atoms with van der Waals surface area (Å²) < 4.78 is 12.5. The molecule has 0 radical (unpaired) electrons. The van der Waals surface area contributed by atoms with Gasteiger partial charge in [0.1, 0.15) is 6.61 Å². The molecular weight excluding hydrogens is 553 g/mol. The first-order valence-corrected chi connectivity index (χ1v) is 12.7. The first-order valence-electron chi connectivity index (χ1n) is 11.1. The van der Waals surface area contributed by atoms with E-state index in [0.29, 0.717) is 33.8 Å². The van der Waals surface area contributed by atoms with Crippen LogP contribution >= 0.6 is 39.1 Å². The van der Waals surface area contributed by atoms with Gasteiger partial charge < -0.3 is 19.9 Å². The van der Waals surface area contributed by atoms with Crippen molar-refractivity contribution in [3.05, 3.63) is 97.5 Å². The van der Waals surface area contributed by atoms with E-state index in [0.717, 1.165) is 27.6 Å². The summed E-state index contributed by atoms with van der Waals surface area (Å²) in [5, 5.41) is 14.5. The molecule has 3 atom stereocenters. The number of rotatable bonds is 6. The van der Waals surface area contributed by atoms with Crippen molar-refractivity contribution in [1.29, 1.82) is 0 Å². The highest BCUT2D eigenvalue weighted by Crippen LogP contribution is 2.53. The van der Waals surface area contributed by atoms with E-state index in [1.807, 2.05) is 36.4 Å². The number of carboxylic acid groups (broad SMARTS) is 1. The summed E-state index contributed by atoms with van der Waals surface area (Å²) in [6.07, 6.45) is 5.02. The largest absolute Gasteiger partial charge is 0.493 e. The number of halogens is 3. The third kappa shape index (κ3) is 4.39. The molecule has 0 saturated heterocycles. The van der Waals surface area contributed by atoms with E-state index < -0.39 is 5.97 Å². The van der Waals surface area contributed by atoms with Gasteiger partial charge in [-0.15, -0.1) is 0 Å². The Bertz CT molecular complexity index is 1340. The number of aromatic carboxylic acids is 1. The molecule has 2 N–H and O–H groups in total. The maximum absolute atomic E-state index is 11.9. The van der Waals surface area contributed by atoms with E-state index in [1.165, 1.54) is 0 Å². The molecule has 1 aliphatic heterocycles. The lowest BCUT2D eigenvalue weighted by Crippen LogP contribution is -2.30. The van der Waals surface area contributed by atoms with E-state index in [1.54, 1.807) is 19.2 Å². The minimum atomic E-state index is -0.957. The number of carbonyl (C=O) groups is 1. The Morgan fingerprint density at radius 1 is 1.17 bits per heavy atom. The third-order valence-electron chi connectivity index (χ3n) is 6.64. The molecule has 3 aromatic rings. The molecule has 5 nitrogen and oxygen atoms in total. The number of ether oxygens (including phenoxy) is 2. The van der Waals surface area contributed by atoms with Crippen molar-refractivity contribution in [2.45, 2.75) is 25.0 Å². The lowest BCUT2D eigenvalue weighted by atomic mass is 9.75. The van der Waals surface area contributed by atoms with Crippen LogP contribution in [0.4, 0.5) is 5.69 Å². The minimum absolute atomic E-state index is 0.0537. The second-order valence-corrected chi connectivity index (χ2v) is 10.2. The van der Waals surface area contributed by atoms with E-state index in [2.05, 4.69) is 33.4 Å². The van der Waals surface area contributed by atoms with Gasteiger partial charge in [-0.05, 0) is 69.7 Å². The molecule has 0 saturated carbocycles. The molecule has 3 aromatic carbocycles. The summed E-state index contributed by atoms with van der Waals surface area (Å²) in [4.78, 5) is 11.9. The van der Waals surface area contributed by atoms with Gasteiger partial charge in [-0.25, -0.2) is 4.79 Å². The SMILES string of the molecule is COc1cc([C@@H]2Nc3c(Cl)ccc(C(=O)O)c3[C@@H]3C=CC[C@@H]32)cc(Br)c1OCc1ccccc1Cl.